The van der Waals surface area contributed by atoms with Crippen LogP contribution in [0, 0.1) is 5.92 Å². The largest absolute Gasteiger partial charge is 0.477 e. The molecule has 0 bridgehead atoms. The molecule has 0 spiro atoms. The second kappa shape index (κ2) is 4.79. The number of hydrogen-bond donors (Lipinski definition) is 1. The number of halogens is 3. The van der Waals surface area contributed by atoms with Crippen LogP contribution in [0.25, 0.3) is 0 Å². The van der Waals surface area contributed by atoms with E-state index in [1.807, 2.05) is 0 Å². The van der Waals surface area contributed by atoms with Gasteiger partial charge in [-0.05, 0) is 5.92 Å². The van der Waals surface area contributed by atoms with Crippen LogP contribution in [0.15, 0.2) is 11.1 Å². The van der Waals surface area contributed by atoms with Gasteiger partial charge in [0.15, 0.2) is 11.3 Å². The van der Waals surface area contributed by atoms with Crippen molar-refractivity contribution in [2.45, 2.75) is 26.6 Å². The minimum Gasteiger partial charge on any atom is -0.477 e. The predicted octanol–water partition coefficient (Wildman–Crippen LogP) is 1.62. The summed E-state index contributed by atoms with van der Waals surface area (Å²) in [6.45, 7) is 3.58. The molecule has 0 aliphatic rings. The zero-order valence-corrected chi connectivity index (χ0v) is 9.65. The first-order valence-electron chi connectivity index (χ1n) is 5.04. The average molecular weight is 264 g/mol. The Labute approximate surface area is 99.9 Å². The van der Waals surface area contributed by atoms with E-state index in [0.717, 1.165) is 10.9 Å². The number of aromatic nitrogens is 2. The molecule has 0 unspecified atom stereocenters. The van der Waals surface area contributed by atoms with Gasteiger partial charge < -0.3 is 5.11 Å². The van der Waals surface area contributed by atoms with Crippen LogP contribution in [-0.4, -0.2) is 20.6 Å². The topological polar surface area (TPSA) is 72.2 Å². The molecule has 0 fully saturated rings. The van der Waals surface area contributed by atoms with Gasteiger partial charge in [-0.15, -0.1) is 0 Å². The number of carbonyl (C=O) groups is 1. The Bertz CT molecular complexity index is 520. The second-order valence-electron chi connectivity index (χ2n) is 4.12. The predicted molar refractivity (Wildman–Crippen MR) is 55.3 cm³/mol. The molecule has 1 N–H and O–H groups in total. The van der Waals surface area contributed by atoms with Crippen molar-refractivity contribution in [3.8, 4) is 0 Å². The SMILES string of the molecule is CC(C)Cn1cnc(C(F)(F)F)c(C(=O)O)c1=O. The summed E-state index contributed by atoms with van der Waals surface area (Å²) in [6.07, 6.45) is -4.25. The summed E-state index contributed by atoms with van der Waals surface area (Å²) in [5.74, 6) is -1.96. The van der Waals surface area contributed by atoms with Crippen molar-refractivity contribution in [1.29, 1.82) is 0 Å². The third-order valence-electron chi connectivity index (χ3n) is 2.08. The van der Waals surface area contributed by atoms with E-state index in [4.69, 9.17) is 5.11 Å². The first-order chi connectivity index (χ1) is 8.14. The highest BCUT2D eigenvalue weighted by atomic mass is 19.4. The van der Waals surface area contributed by atoms with E-state index in [0.29, 0.717) is 0 Å². The molecule has 1 aromatic heterocycles. The minimum absolute atomic E-state index is 0.0251. The van der Waals surface area contributed by atoms with Crippen LogP contribution in [0.4, 0.5) is 13.2 Å². The first-order valence-corrected chi connectivity index (χ1v) is 5.04. The molecule has 0 saturated heterocycles. The third kappa shape index (κ3) is 2.88. The van der Waals surface area contributed by atoms with Crippen molar-refractivity contribution in [3.05, 3.63) is 27.9 Å². The highest BCUT2D eigenvalue weighted by molar-refractivity contribution is 5.88. The molecular weight excluding hydrogens is 253 g/mol. The van der Waals surface area contributed by atoms with Gasteiger partial charge in [0.05, 0.1) is 6.33 Å². The Morgan fingerprint density at radius 3 is 2.44 bits per heavy atom. The zero-order chi connectivity index (χ0) is 14.1. The average Bonchev–Trinajstić information content (AvgIpc) is 2.17. The number of alkyl halides is 3. The number of carboxylic acid groups (broad SMARTS) is 1. The van der Waals surface area contributed by atoms with Crippen molar-refractivity contribution >= 4 is 5.97 Å². The van der Waals surface area contributed by atoms with Gasteiger partial charge in [0, 0.05) is 6.54 Å². The highest BCUT2D eigenvalue weighted by Gasteiger charge is 2.39. The molecule has 1 rings (SSSR count). The molecule has 1 aromatic rings. The lowest BCUT2D eigenvalue weighted by Crippen LogP contribution is -2.32. The van der Waals surface area contributed by atoms with E-state index in [-0.39, 0.29) is 12.5 Å². The standard InChI is InChI=1S/C10H11F3N2O3/c1-5(2)3-15-4-14-7(10(11,12)13)6(8(15)16)9(17)18/h4-5H,3H2,1-2H3,(H,17,18). The van der Waals surface area contributed by atoms with E-state index < -0.39 is 29.0 Å². The zero-order valence-electron chi connectivity index (χ0n) is 9.65. The number of hydrogen-bond acceptors (Lipinski definition) is 3. The lowest BCUT2D eigenvalue weighted by Gasteiger charge is -2.12. The quantitative estimate of drug-likeness (QED) is 0.900. The maximum absolute atomic E-state index is 12.5. The van der Waals surface area contributed by atoms with Crippen molar-refractivity contribution in [2.24, 2.45) is 5.92 Å². The van der Waals surface area contributed by atoms with E-state index >= 15 is 0 Å². The van der Waals surface area contributed by atoms with E-state index in [1.54, 1.807) is 13.8 Å². The minimum atomic E-state index is -4.97. The van der Waals surface area contributed by atoms with Gasteiger partial charge in [0.1, 0.15) is 0 Å². The van der Waals surface area contributed by atoms with E-state index in [9.17, 15) is 22.8 Å². The molecular formula is C10H11F3N2O3. The van der Waals surface area contributed by atoms with Gasteiger partial charge >= 0.3 is 12.1 Å². The van der Waals surface area contributed by atoms with Crippen LogP contribution in [0.5, 0.6) is 0 Å². The van der Waals surface area contributed by atoms with Crippen LogP contribution >= 0.6 is 0 Å². The van der Waals surface area contributed by atoms with E-state index in [1.165, 1.54) is 0 Å². The van der Waals surface area contributed by atoms with Gasteiger partial charge in [-0.3, -0.25) is 9.36 Å². The van der Waals surface area contributed by atoms with E-state index in [2.05, 4.69) is 4.98 Å². The molecule has 8 heteroatoms. The molecule has 100 valence electrons. The summed E-state index contributed by atoms with van der Waals surface area (Å²) in [4.78, 5) is 25.5. The number of carboxylic acids is 1. The van der Waals surface area contributed by atoms with Crippen molar-refractivity contribution in [1.82, 2.24) is 9.55 Å². The van der Waals surface area contributed by atoms with Gasteiger partial charge in [0.2, 0.25) is 0 Å². The monoisotopic (exact) mass is 264 g/mol. The first kappa shape index (κ1) is 14.2. The van der Waals surface area contributed by atoms with Crippen LogP contribution in [-0.2, 0) is 12.7 Å². The maximum Gasteiger partial charge on any atom is 0.434 e. The van der Waals surface area contributed by atoms with Crippen LogP contribution < -0.4 is 5.56 Å². The van der Waals surface area contributed by atoms with Gasteiger partial charge in [-0.25, -0.2) is 9.78 Å². The maximum atomic E-state index is 12.5. The lowest BCUT2D eigenvalue weighted by atomic mass is 10.2. The van der Waals surface area contributed by atoms with Gasteiger partial charge in [-0.2, -0.15) is 13.2 Å². The summed E-state index contributed by atoms with van der Waals surface area (Å²) in [5.41, 5.74) is -4.20. The van der Waals surface area contributed by atoms with Crippen LogP contribution in [0.1, 0.15) is 29.9 Å². The van der Waals surface area contributed by atoms with Crippen LogP contribution in [0.2, 0.25) is 0 Å². The molecule has 0 saturated carbocycles. The fourth-order valence-corrected chi connectivity index (χ4v) is 1.42. The molecule has 0 aromatic carbocycles. The normalized spacial score (nSPS) is 11.9. The highest BCUT2D eigenvalue weighted by Crippen LogP contribution is 2.28. The second-order valence-corrected chi connectivity index (χ2v) is 4.12. The number of nitrogens with zero attached hydrogens (tertiary/aromatic N) is 2. The van der Waals surface area contributed by atoms with Crippen molar-refractivity contribution in [3.63, 3.8) is 0 Å². The summed E-state index contributed by atoms with van der Waals surface area (Å²) in [6, 6.07) is 0. The Morgan fingerprint density at radius 1 is 1.50 bits per heavy atom. The molecule has 0 amide bonds. The molecule has 18 heavy (non-hydrogen) atoms. The van der Waals surface area contributed by atoms with Crippen LogP contribution in [0.3, 0.4) is 0 Å². The molecule has 0 radical (unpaired) electrons. The Balaban J connectivity index is 3.48. The lowest BCUT2D eigenvalue weighted by molar-refractivity contribution is -0.142. The number of rotatable bonds is 3. The Morgan fingerprint density at radius 2 is 2.06 bits per heavy atom. The Hall–Kier alpha value is -1.86. The Kier molecular flexibility index (Phi) is 3.78. The fraction of sp³-hybridized carbons (Fsp3) is 0.500. The van der Waals surface area contributed by atoms with Crippen molar-refractivity contribution in [2.75, 3.05) is 0 Å². The summed E-state index contributed by atoms with van der Waals surface area (Å²) in [5, 5.41) is 8.72. The molecule has 5 nitrogen and oxygen atoms in total. The molecule has 1 heterocycles. The van der Waals surface area contributed by atoms with Gasteiger partial charge in [-0.1, -0.05) is 13.8 Å². The number of aromatic carboxylic acids is 1. The summed E-state index contributed by atoms with van der Waals surface area (Å²) >= 11 is 0. The smallest absolute Gasteiger partial charge is 0.434 e. The summed E-state index contributed by atoms with van der Waals surface area (Å²) in [7, 11) is 0. The third-order valence-corrected chi connectivity index (χ3v) is 2.08. The van der Waals surface area contributed by atoms with Gasteiger partial charge in [0.25, 0.3) is 5.56 Å². The van der Waals surface area contributed by atoms with Crippen molar-refractivity contribution < 1.29 is 23.1 Å². The molecule has 0 aliphatic heterocycles. The molecule has 0 aliphatic carbocycles. The summed E-state index contributed by atoms with van der Waals surface area (Å²) < 4.78 is 38.4. The fourth-order valence-electron chi connectivity index (χ4n) is 1.42. The molecule has 0 atom stereocenters.